The highest BCUT2D eigenvalue weighted by Gasteiger charge is 2.23. The van der Waals surface area contributed by atoms with Crippen molar-refractivity contribution in [2.75, 3.05) is 31.9 Å². The molecule has 49 heavy (non-hydrogen) atoms. The van der Waals surface area contributed by atoms with Gasteiger partial charge in [0, 0.05) is 60.6 Å². The number of anilines is 1. The number of carbonyl (C=O) groups excluding carboxylic acids is 1. The van der Waals surface area contributed by atoms with E-state index in [1.165, 1.54) is 17.3 Å². The molecular weight excluding hydrogens is 629 g/mol. The third kappa shape index (κ3) is 6.67. The maximum absolute atomic E-state index is 13.3. The van der Waals surface area contributed by atoms with Crippen LogP contribution in [0.1, 0.15) is 21.5 Å². The number of hydrogen-bond acceptors (Lipinski definition) is 8. The van der Waals surface area contributed by atoms with Crippen molar-refractivity contribution < 1.29 is 4.79 Å². The Hall–Kier alpha value is -5.76. The summed E-state index contributed by atoms with van der Waals surface area (Å²) in [7, 11) is 0. The second-order valence-corrected chi connectivity index (χ2v) is 13.1. The summed E-state index contributed by atoms with van der Waals surface area (Å²) in [5.41, 5.74) is 14.2. The molecule has 9 nitrogen and oxygen atoms in total. The second-order valence-electron chi connectivity index (χ2n) is 12.0. The quantitative estimate of drug-likeness (QED) is 0.135. The number of nitrogens with zero attached hydrogens (tertiary/aromatic N) is 7. The van der Waals surface area contributed by atoms with E-state index in [1.807, 2.05) is 84.6 Å². The van der Waals surface area contributed by atoms with Gasteiger partial charge in [-0.3, -0.25) is 14.3 Å². The molecule has 1 aliphatic heterocycles. The van der Waals surface area contributed by atoms with Crippen molar-refractivity contribution in [1.82, 2.24) is 29.3 Å². The first-order valence-corrected chi connectivity index (χ1v) is 16.8. The lowest BCUT2D eigenvalue weighted by Crippen LogP contribution is -2.48. The van der Waals surface area contributed by atoms with Crippen molar-refractivity contribution >= 4 is 34.7 Å². The van der Waals surface area contributed by atoms with Crippen LogP contribution in [0.4, 0.5) is 5.82 Å². The van der Waals surface area contributed by atoms with Crippen molar-refractivity contribution in [2.45, 2.75) is 18.4 Å². The minimum atomic E-state index is 0.0319. The molecule has 3 aromatic heterocycles. The van der Waals surface area contributed by atoms with Crippen LogP contribution in [0.5, 0.6) is 0 Å². The zero-order valence-corrected chi connectivity index (χ0v) is 27.9. The fourth-order valence-electron chi connectivity index (χ4n) is 6.11. The van der Waals surface area contributed by atoms with Crippen LogP contribution in [0.25, 0.3) is 39.5 Å². The molecule has 1 aliphatic rings. The summed E-state index contributed by atoms with van der Waals surface area (Å²) in [5, 5.41) is 9.05. The van der Waals surface area contributed by atoms with Crippen molar-refractivity contribution in [3.63, 3.8) is 0 Å². The molecule has 0 spiro atoms. The average Bonchev–Trinajstić information content (AvgIpc) is 3.52. The van der Waals surface area contributed by atoms with Gasteiger partial charge in [0.25, 0.3) is 5.91 Å². The number of benzene rings is 3. The number of aromatic nitrogens is 4. The zero-order valence-electron chi connectivity index (χ0n) is 27.1. The van der Waals surface area contributed by atoms with Gasteiger partial charge in [0.05, 0.1) is 16.2 Å². The Balaban J connectivity index is 1.08. The highest BCUT2D eigenvalue weighted by molar-refractivity contribution is 8.03. The summed E-state index contributed by atoms with van der Waals surface area (Å²) in [6.07, 6.45) is 1.68. The Labute approximate surface area is 289 Å². The minimum Gasteiger partial charge on any atom is -0.383 e. The number of nitriles is 1. The van der Waals surface area contributed by atoms with Gasteiger partial charge in [-0.05, 0) is 72.6 Å². The van der Waals surface area contributed by atoms with Crippen molar-refractivity contribution in [2.24, 2.45) is 0 Å². The van der Waals surface area contributed by atoms with Gasteiger partial charge in [-0.2, -0.15) is 5.26 Å². The number of pyridine rings is 2. The molecule has 0 aliphatic carbocycles. The van der Waals surface area contributed by atoms with Crippen LogP contribution >= 0.6 is 11.8 Å². The molecule has 2 N–H and O–H groups in total. The number of allylic oxidation sites excluding steroid dienone is 1. The monoisotopic (exact) mass is 662 g/mol. The van der Waals surface area contributed by atoms with Crippen LogP contribution < -0.4 is 5.73 Å². The molecule has 4 heterocycles. The van der Waals surface area contributed by atoms with Crippen molar-refractivity contribution in [1.29, 1.82) is 5.26 Å². The summed E-state index contributed by atoms with van der Waals surface area (Å²) >= 11 is 1.33. The number of carbonyl (C=O) groups is 1. The van der Waals surface area contributed by atoms with E-state index in [-0.39, 0.29) is 5.91 Å². The molecular formula is C39H34N8OS. The average molecular weight is 663 g/mol. The van der Waals surface area contributed by atoms with Gasteiger partial charge in [-0.25, -0.2) is 15.0 Å². The lowest BCUT2D eigenvalue weighted by atomic mass is 10.1. The number of hydrogen-bond donors (Lipinski definition) is 1. The number of imidazole rings is 1. The van der Waals surface area contributed by atoms with Gasteiger partial charge in [0.2, 0.25) is 0 Å². The van der Waals surface area contributed by atoms with Crippen LogP contribution in [-0.4, -0.2) is 61.4 Å². The summed E-state index contributed by atoms with van der Waals surface area (Å²) in [6.45, 7) is 9.36. The maximum atomic E-state index is 13.3. The normalized spacial score (nSPS) is 13.3. The van der Waals surface area contributed by atoms with E-state index < -0.39 is 0 Å². The van der Waals surface area contributed by atoms with Gasteiger partial charge in [-0.1, -0.05) is 60.8 Å². The fourth-order valence-corrected chi connectivity index (χ4v) is 6.78. The van der Waals surface area contributed by atoms with Crippen LogP contribution in [0.2, 0.25) is 0 Å². The third-order valence-electron chi connectivity index (χ3n) is 8.69. The SMILES string of the molecule is C=C(C#N)Sc1ccc(C(=O)N2CCN(Cc3ccc(-n4c(-c5cccnc5N)nc5ccc(-c6ccccc6)nc54)cc3)CC2)cc1C. The lowest BCUT2D eigenvalue weighted by molar-refractivity contribution is 0.0628. The predicted octanol–water partition coefficient (Wildman–Crippen LogP) is 7.13. The fraction of sp³-hybridized carbons (Fsp3) is 0.154. The molecule has 3 aromatic carbocycles. The van der Waals surface area contributed by atoms with E-state index in [0.717, 1.165) is 63.8 Å². The molecule has 0 bridgehead atoms. The highest BCUT2D eigenvalue weighted by Crippen LogP contribution is 2.32. The molecule has 242 valence electrons. The lowest BCUT2D eigenvalue weighted by Gasteiger charge is -2.35. The third-order valence-corrected chi connectivity index (χ3v) is 9.71. The summed E-state index contributed by atoms with van der Waals surface area (Å²) in [6, 6.07) is 34.1. The van der Waals surface area contributed by atoms with Gasteiger partial charge < -0.3 is 10.6 Å². The number of fused-ring (bicyclic) bond motifs is 1. The van der Waals surface area contributed by atoms with E-state index in [9.17, 15) is 4.79 Å². The molecule has 1 amide bonds. The number of nitrogens with two attached hydrogens (primary N) is 1. The van der Waals surface area contributed by atoms with E-state index in [0.29, 0.717) is 35.2 Å². The number of rotatable bonds is 8. The van der Waals surface area contributed by atoms with Gasteiger partial charge in [0.1, 0.15) is 17.4 Å². The van der Waals surface area contributed by atoms with Gasteiger partial charge in [-0.15, -0.1) is 0 Å². The number of amides is 1. The smallest absolute Gasteiger partial charge is 0.253 e. The number of nitrogen functional groups attached to an aromatic ring is 1. The molecule has 0 radical (unpaired) electrons. The molecule has 10 heteroatoms. The van der Waals surface area contributed by atoms with Crippen molar-refractivity contribution in [3.8, 4) is 34.4 Å². The number of aryl methyl sites for hydroxylation is 1. The molecule has 7 rings (SSSR count). The van der Waals surface area contributed by atoms with Gasteiger partial charge in [0.15, 0.2) is 11.5 Å². The summed E-state index contributed by atoms with van der Waals surface area (Å²) in [4.78, 5) is 33.3. The summed E-state index contributed by atoms with van der Waals surface area (Å²) < 4.78 is 2.05. The summed E-state index contributed by atoms with van der Waals surface area (Å²) in [5.74, 6) is 1.12. The van der Waals surface area contributed by atoms with E-state index in [2.05, 4.69) is 51.4 Å². The maximum Gasteiger partial charge on any atom is 0.253 e. The first-order valence-electron chi connectivity index (χ1n) is 16.0. The van der Waals surface area contributed by atoms with Crippen molar-refractivity contribution in [3.05, 3.63) is 131 Å². The standard InChI is InChI=1S/C39H34N8OS/c1-26-23-30(12-17-35(26)49-27(2)24-40)39(48)46-21-19-45(20-22-46)25-28-10-13-31(14-11-28)47-37(32-9-6-18-42-36(32)41)44-34-16-15-33(43-38(34)47)29-7-4-3-5-8-29/h3-18,23H,2,19-22,25H2,1H3,(H2,41,42). The molecule has 1 fully saturated rings. The van der Waals surface area contributed by atoms with E-state index in [1.54, 1.807) is 6.20 Å². The van der Waals surface area contributed by atoms with Crippen LogP contribution in [0.3, 0.4) is 0 Å². The largest absolute Gasteiger partial charge is 0.383 e. The minimum absolute atomic E-state index is 0.0319. The molecule has 1 saturated heterocycles. The Morgan fingerprint density at radius 3 is 2.43 bits per heavy atom. The Bertz CT molecular complexity index is 2210. The van der Waals surface area contributed by atoms with Crippen LogP contribution in [0, 0.1) is 18.3 Å². The first kappa shape index (κ1) is 31.8. The Morgan fingerprint density at radius 1 is 0.939 bits per heavy atom. The Kier molecular flexibility index (Phi) is 8.94. The first-order chi connectivity index (χ1) is 23.9. The van der Waals surface area contributed by atoms with E-state index in [4.69, 9.17) is 21.0 Å². The number of thioether (sulfide) groups is 1. The highest BCUT2D eigenvalue weighted by atomic mass is 32.2. The Morgan fingerprint density at radius 2 is 1.71 bits per heavy atom. The molecule has 0 unspecified atom stereocenters. The zero-order chi connectivity index (χ0) is 33.9. The van der Waals surface area contributed by atoms with Crippen LogP contribution in [-0.2, 0) is 6.54 Å². The van der Waals surface area contributed by atoms with Gasteiger partial charge >= 0.3 is 0 Å². The van der Waals surface area contributed by atoms with Crippen LogP contribution in [0.15, 0.2) is 120 Å². The predicted molar refractivity (Wildman–Crippen MR) is 195 cm³/mol. The number of piperazine rings is 1. The molecule has 0 atom stereocenters. The topological polar surface area (TPSA) is 117 Å². The van der Waals surface area contributed by atoms with E-state index >= 15 is 0 Å². The second kappa shape index (κ2) is 13.8. The molecule has 6 aromatic rings. The molecule has 0 saturated carbocycles.